The van der Waals surface area contributed by atoms with Crippen molar-refractivity contribution in [1.29, 1.82) is 0 Å². The van der Waals surface area contributed by atoms with E-state index in [1.807, 2.05) is 26.0 Å². The molecule has 0 saturated carbocycles. The number of hydrogen-bond donors (Lipinski definition) is 0. The Hall–Kier alpha value is -10.5. The van der Waals surface area contributed by atoms with E-state index in [0.29, 0.717) is 22.3 Å². The van der Waals surface area contributed by atoms with Crippen molar-refractivity contribution in [3.63, 3.8) is 0 Å². The van der Waals surface area contributed by atoms with Gasteiger partial charge in [-0.05, 0) is 179 Å². The van der Waals surface area contributed by atoms with E-state index in [1.54, 1.807) is 91.1 Å². The molecule has 0 bridgehead atoms. The zero-order valence-corrected chi connectivity index (χ0v) is 55.4. The maximum atomic E-state index is 7.58. The third-order valence-electron chi connectivity index (χ3n) is 16.6. The molecule has 5 aromatic heterocycles. The van der Waals surface area contributed by atoms with Crippen LogP contribution in [0.1, 0.15) is 72.1 Å². The van der Waals surface area contributed by atoms with Crippen LogP contribution < -0.4 is 22.8 Å². The van der Waals surface area contributed by atoms with Crippen molar-refractivity contribution in [2.24, 2.45) is 35.2 Å². The van der Waals surface area contributed by atoms with Crippen LogP contribution in [0.4, 0.5) is 0 Å². The first-order valence-electron chi connectivity index (χ1n) is 37.2. The maximum Gasteiger partial charge on any atom is 0.213 e. The minimum Gasteiger partial charge on any atom is -0.201 e. The van der Waals surface area contributed by atoms with Gasteiger partial charge in [0.1, 0.15) is 35.2 Å². The number of benzene rings is 8. The van der Waals surface area contributed by atoms with E-state index in [1.165, 1.54) is 83.8 Å². The van der Waals surface area contributed by atoms with Gasteiger partial charge >= 0.3 is 0 Å². The zero-order valence-electron chi connectivity index (χ0n) is 67.4. The van der Waals surface area contributed by atoms with E-state index < -0.39 is 27.4 Å². The minimum atomic E-state index is -2.15. The maximum absolute atomic E-state index is 7.58. The van der Waals surface area contributed by atoms with Gasteiger partial charge in [-0.25, -0.2) is 22.8 Å². The molecule has 0 atom stereocenters. The normalized spacial score (nSPS) is 13.0. The highest BCUT2D eigenvalue weighted by molar-refractivity contribution is 5.73. The molecular weight excluding hydrogens is 1130 g/mol. The summed E-state index contributed by atoms with van der Waals surface area (Å²) in [5, 5.41) is 0. The highest BCUT2D eigenvalue weighted by atomic mass is 14.9. The molecule has 8 aromatic carbocycles. The van der Waals surface area contributed by atoms with Crippen LogP contribution in [0, 0.1) is 68.9 Å². The Morgan fingerprint density at radius 3 is 1.12 bits per heavy atom. The van der Waals surface area contributed by atoms with Crippen molar-refractivity contribution in [3.05, 3.63) is 341 Å². The Morgan fingerprint density at radius 1 is 0.215 bits per heavy atom. The second kappa shape index (κ2) is 31.5. The van der Waals surface area contributed by atoms with Crippen LogP contribution >= 0.6 is 0 Å². The molecule has 0 aliphatic heterocycles. The smallest absolute Gasteiger partial charge is 0.201 e. The lowest BCUT2D eigenvalue weighted by Crippen LogP contribution is -2.31. The summed E-state index contributed by atoms with van der Waals surface area (Å²) in [6.45, 7) is 3.41. The summed E-state index contributed by atoms with van der Waals surface area (Å²) in [6.07, 6.45) is 9.61. The van der Waals surface area contributed by atoms with Gasteiger partial charge in [-0.2, -0.15) is 0 Å². The Labute approximate surface area is 572 Å². The molecule has 13 aromatic rings. The molecule has 13 rings (SSSR count). The molecular formula is C88H92N5+5. The van der Waals surface area contributed by atoms with Crippen LogP contribution in [-0.2, 0) is 35.2 Å². The largest absolute Gasteiger partial charge is 0.213 e. The lowest BCUT2D eigenvalue weighted by molar-refractivity contribution is -0.660. The van der Waals surface area contributed by atoms with Gasteiger partial charge in [0, 0.05) is 103 Å². The van der Waals surface area contributed by atoms with Crippen molar-refractivity contribution in [3.8, 4) is 89.7 Å². The van der Waals surface area contributed by atoms with E-state index in [9.17, 15) is 0 Å². The third kappa shape index (κ3) is 17.3. The van der Waals surface area contributed by atoms with E-state index in [0.717, 1.165) is 33.6 Å². The summed E-state index contributed by atoms with van der Waals surface area (Å²) in [4.78, 5) is 0. The number of aryl methyl sites for hydroxylation is 15. The Kier molecular flexibility index (Phi) is 17.7. The molecule has 5 heteroatoms. The summed E-state index contributed by atoms with van der Waals surface area (Å²) in [6, 6.07) is 85.5. The van der Waals surface area contributed by atoms with Crippen LogP contribution in [0.25, 0.3) is 89.7 Å². The molecule has 5 nitrogen and oxygen atoms in total. The Balaban J connectivity index is 0.000000152. The first-order chi connectivity index (χ1) is 49.7. The van der Waals surface area contributed by atoms with Gasteiger partial charge in [0.05, 0.1) is 0 Å². The molecule has 0 aliphatic rings. The summed E-state index contributed by atoms with van der Waals surface area (Å²) in [5.41, 5.74) is 26.0. The lowest BCUT2D eigenvalue weighted by atomic mass is 9.98. The van der Waals surface area contributed by atoms with Gasteiger partial charge in [-0.15, -0.1) is 0 Å². The van der Waals surface area contributed by atoms with E-state index in [-0.39, 0.29) is 5.56 Å². The quantitative estimate of drug-likeness (QED) is 0.135. The van der Waals surface area contributed by atoms with Crippen molar-refractivity contribution in [2.45, 2.75) is 68.9 Å². The SMILES string of the molecule is Cc1cc(-c2ccccc2)ccc1-c1cccc[n+]1C.Cc1ccccc1-c1cc(-c2ccccc2)cc[n+]1C.Cc1ccccc1-c1ccc(-c2ccccc2)c[n+]1C.[2H]C([2H])([2H])c1ccc(-c2cc(C)c(C([2H])([2H])[2H])c[n+]2C)c(C)c1.[2H]C([2H])([2H])c1ccc(-c2ccc(C([2H])([2H])[2H])c[n+]2C)c(C)c1. The monoisotopic (exact) mass is 1230 g/mol. The van der Waals surface area contributed by atoms with E-state index in [4.69, 9.17) is 16.4 Å². The fraction of sp³-hybridized carbons (Fsp3) is 0.170. The fourth-order valence-corrected chi connectivity index (χ4v) is 11.4. The first kappa shape index (κ1) is 52.2. The summed E-state index contributed by atoms with van der Waals surface area (Å²) in [7, 11) is 9.85. The number of nitrogens with zero attached hydrogens (tertiary/aromatic N) is 5. The second-order valence-corrected chi connectivity index (χ2v) is 23.6. The number of aromatic nitrogens is 5. The average Bonchev–Trinajstić information content (AvgIpc) is 0.799. The van der Waals surface area contributed by atoms with Crippen molar-refractivity contribution in [1.82, 2.24) is 0 Å². The Bertz CT molecular complexity index is 4950. The molecule has 0 saturated heterocycles. The van der Waals surface area contributed by atoms with Crippen LogP contribution in [0.2, 0.25) is 0 Å². The van der Waals surface area contributed by atoms with Gasteiger partial charge in [-0.3, -0.25) is 0 Å². The molecule has 0 unspecified atom stereocenters. The van der Waals surface area contributed by atoms with Crippen LogP contribution in [-0.4, -0.2) is 0 Å². The minimum absolute atomic E-state index is 0.274. The molecule has 0 radical (unpaired) electrons. The van der Waals surface area contributed by atoms with Gasteiger partial charge in [0.15, 0.2) is 31.0 Å². The highest BCUT2D eigenvalue weighted by Gasteiger charge is 2.18. The number of hydrogen-bond acceptors (Lipinski definition) is 0. The molecule has 0 aliphatic carbocycles. The standard InChI is InChI=1S/3C19H18N.C16H20N.C15H18N/c1-15-8-6-7-11-18(15)19-14-17(12-13-20(19)2)16-9-4-3-5-10-16;1-15-8-6-7-11-18(15)19-13-12-17(14-20(19)2)16-9-4-3-5-10-16;1-15-14-17(16-8-4-3-5-9-16)11-12-18(15)19-10-6-7-13-20(19)2;1-11-6-7-15(13(3)8-11)16-9-12(2)14(4)10-17(16)5;1-11-5-7-14(13(3)9-11)15-8-6-12(2)10-16(15)4/h3*3-14H,1-2H3;6-10H,1-5H3;5-10H,1-4H3/q5*+1/i;;;1D3,4D3;1D3,2D3. The number of pyridine rings is 5. The zero-order chi connectivity index (χ0) is 76.1. The van der Waals surface area contributed by atoms with Crippen molar-refractivity contribution >= 4 is 0 Å². The van der Waals surface area contributed by atoms with Gasteiger partial charge in [-0.1, -0.05) is 175 Å². The van der Waals surface area contributed by atoms with Crippen molar-refractivity contribution < 1.29 is 39.3 Å². The molecule has 0 amide bonds. The van der Waals surface area contributed by atoms with Gasteiger partial charge < -0.3 is 0 Å². The van der Waals surface area contributed by atoms with E-state index >= 15 is 0 Å². The van der Waals surface area contributed by atoms with Crippen LogP contribution in [0.3, 0.4) is 0 Å². The average molecular weight is 1230 g/mol. The predicted molar refractivity (Wildman–Crippen MR) is 389 cm³/mol. The fourth-order valence-electron chi connectivity index (χ4n) is 11.4. The number of rotatable bonds is 8. The van der Waals surface area contributed by atoms with E-state index in [2.05, 4.69) is 268 Å². The molecule has 93 heavy (non-hydrogen) atoms. The molecule has 5 heterocycles. The van der Waals surface area contributed by atoms with Crippen LogP contribution in [0.5, 0.6) is 0 Å². The summed E-state index contributed by atoms with van der Waals surface area (Å²) < 4.78 is 99.9. The van der Waals surface area contributed by atoms with Crippen LogP contribution in [0.15, 0.2) is 286 Å². The molecule has 464 valence electrons. The summed E-state index contributed by atoms with van der Waals surface area (Å²) in [5.74, 6) is 0. The van der Waals surface area contributed by atoms with Crippen molar-refractivity contribution in [2.75, 3.05) is 0 Å². The van der Waals surface area contributed by atoms with Gasteiger partial charge in [0.25, 0.3) is 0 Å². The predicted octanol–water partition coefficient (Wildman–Crippen LogP) is 19.0. The third-order valence-corrected chi connectivity index (χ3v) is 16.6. The molecule has 0 N–H and O–H groups in total. The highest BCUT2D eigenvalue weighted by Crippen LogP contribution is 2.30. The Morgan fingerprint density at radius 2 is 0.613 bits per heavy atom. The van der Waals surface area contributed by atoms with Gasteiger partial charge in [0.2, 0.25) is 28.5 Å². The topological polar surface area (TPSA) is 19.4 Å². The molecule has 0 fully saturated rings. The second-order valence-electron chi connectivity index (χ2n) is 23.6. The first-order valence-corrected chi connectivity index (χ1v) is 31.2. The lowest BCUT2D eigenvalue weighted by Gasteiger charge is -2.07. The summed E-state index contributed by atoms with van der Waals surface area (Å²) >= 11 is 0. The molecule has 0 spiro atoms.